The zero-order chi connectivity index (χ0) is 66.5. The van der Waals surface area contributed by atoms with Gasteiger partial charge in [0.15, 0.2) is 0 Å². The predicted molar refractivity (Wildman–Crippen MR) is 357 cm³/mol. The van der Waals surface area contributed by atoms with Gasteiger partial charge in [0, 0.05) is 51.4 Å². The summed E-state index contributed by atoms with van der Waals surface area (Å²) in [5.74, 6) is -1.81. The van der Waals surface area contributed by atoms with Gasteiger partial charge in [0.2, 0.25) is 0 Å². The highest BCUT2D eigenvalue weighted by Crippen LogP contribution is 2.25. The van der Waals surface area contributed by atoms with Crippen LogP contribution in [0.3, 0.4) is 0 Å². The lowest BCUT2D eigenvalue weighted by molar-refractivity contribution is -0.155. The number of rotatable bonds is 65. The van der Waals surface area contributed by atoms with Crippen molar-refractivity contribution in [1.82, 2.24) is 0 Å². The summed E-state index contributed by atoms with van der Waals surface area (Å²) in [5.41, 5.74) is 0. The molecule has 0 aliphatic heterocycles. The number of carbonyl (C=O) groups is 8. The third-order valence-corrected chi connectivity index (χ3v) is 16.6. The van der Waals surface area contributed by atoms with E-state index in [1.807, 2.05) is 0 Å². The van der Waals surface area contributed by atoms with Crippen LogP contribution in [0.4, 0.5) is 0 Å². The third kappa shape index (κ3) is 54.3. The van der Waals surface area contributed by atoms with E-state index >= 15 is 0 Å². The largest absolute Gasteiger partial charge is 0.462 e. The van der Waals surface area contributed by atoms with Gasteiger partial charge in [-0.1, -0.05) is 184 Å². The quantitative estimate of drug-likeness (QED) is 0.0315. The van der Waals surface area contributed by atoms with Gasteiger partial charge in [0.1, 0.15) is 49.8 Å². The molecule has 6 unspecified atom stereocenters. The van der Waals surface area contributed by atoms with Crippen molar-refractivity contribution in [2.75, 3.05) is 13.2 Å². The first-order valence-electron chi connectivity index (χ1n) is 37.1. The molecule has 0 aliphatic carbocycles. The Morgan fingerprint density at radius 1 is 0.189 bits per heavy atom. The first-order valence-corrected chi connectivity index (χ1v) is 37.1. The average Bonchev–Trinajstić information content (AvgIpc) is 3.72. The summed E-state index contributed by atoms with van der Waals surface area (Å²) in [7, 11) is 0. The second-order valence-corrected chi connectivity index (χ2v) is 25.4. The SMILES string of the molecule is CCCCCC(=O)OC(CCC)CCC(CCC(CCCCCCCC(=O)OCCOC(=O)CCCCCCCC(CCC(CCC(CCC)OC(=O)CCCCC)OC(=O)CCCCC)OC(=O)CCCCC)OC(=O)CCCCC)OC(=O)CCCCC. The molecule has 0 aromatic rings. The highest BCUT2D eigenvalue weighted by molar-refractivity contribution is 5.72. The van der Waals surface area contributed by atoms with Crippen molar-refractivity contribution in [3.8, 4) is 0 Å². The Bertz CT molecular complexity index is 1660. The lowest BCUT2D eigenvalue weighted by Crippen LogP contribution is -2.26. The van der Waals surface area contributed by atoms with Crippen LogP contribution in [0.25, 0.3) is 0 Å². The van der Waals surface area contributed by atoms with E-state index < -0.39 is 0 Å². The zero-order valence-corrected chi connectivity index (χ0v) is 58.8. The fourth-order valence-electron chi connectivity index (χ4n) is 11.1. The van der Waals surface area contributed by atoms with Crippen LogP contribution in [0.5, 0.6) is 0 Å². The van der Waals surface area contributed by atoms with Gasteiger partial charge < -0.3 is 37.9 Å². The van der Waals surface area contributed by atoms with Gasteiger partial charge in [-0.25, -0.2) is 0 Å². The van der Waals surface area contributed by atoms with Crippen LogP contribution < -0.4 is 0 Å². The molecule has 0 aliphatic rings. The summed E-state index contributed by atoms with van der Waals surface area (Å²) in [6, 6.07) is 0. The third-order valence-electron chi connectivity index (χ3n) is 16.6. The Labute approximate surface area is 548 Å². The van der Waals surface area contributed by atoms with E-state index in [9.17, 15) is 38.4 Å². The molecule has 16 heteroatoms. The molecule has 0 saturated carbocycles. The predicted octanol–water partition coefficient (Wildman–Crippen LogP) is 19.2. The molecule has 16 nitrogen and oxygen atoms in total. The average molecular weight is 1280 g/mol. The first-order chi connectivity index (χ1) is 43.7. The number of hydrogen-bond donors (Lipinski definition) is 0. The fourth-order valence-corrected chi connectivity index (χ4v) is 11.1. The van der Waals surface area contributed by atoms with Crippen LogP contribution >= 0.6 is 0 Å². The van der Waals surface area contributed by atoms with Gasteiger partial charge in [-0.05, 0) is 141 Å². The zero-order valence-electron chi connectivity index (χ0n) is 58.8. The Morgan fingerprint density at radius 2 is 0.367 bits per heavy atom. The van der Waals surface area contributed by atoms with E-state index in [-0.39, 0.29) is 110 Å². The van der Waals surface area contributed by atoms with Gasteiger partial charge in [-0.2, -0.15) is 0 Å². The van der Waals surface area contributed by atoms with E-state index in [1.54, 1.807) is 0 Å². The molecule has 0 fully saturated rings. The lowest BCUT2D eigenvalue weighted by Gasteiger charge is -2.24. The molecule has 526 valence electrons. The summed E-state index contributed by atoms with van der Waals surface area (Å²) >= 11 is 0. The number of unbranched alkanes of at least 4 members (excludes halogenated alkanes) is 20. The van der Waals surface area contributed by atoms with Crippen molar-refractivity contribution in [3.05, 3.63) is 0 Å². The van der Waals surface area contributed by atoms with Crippen molar-refractivity contribution >= 4 is 47.8 Å². The highest BCUT2D eigenvalue weighted by Gasteiger charge is 2.25. The van der Waals surface area contributed by atoms with Gasteiger partial charge in [-0.3, -0.25) is 38.4 Å². The minimum atomic E-state index is -0.369. The van der Waals surface area contributed by atoms with E-state index in [1.165, 1.54) is 0 Å². The molecule has 6 atom stereocenters. The number of ether oxygens (including phenoxy) is 8. The van der Waals surface area contributed by atoms with Crippen LogP contribution in [0.2, 0.25) is 0 Å². The van der Waals surface area contributed by atoms with Crippen molar-refractivity contribution in [1.29, 1.82) is 0 Å². The highest BCUT2D eigenvalue weighted by atomic mass is 16.6. The summed E-state index contributed by atoms with van der Waals surface area (Å²) in [6.45, 7) is 16.8. The van der Waals surface area contributed by atoms with Crippen molar-refractivity contribution in [2.24, 2.45) is 0 Å². The molecule has 0 radical (unpaired) electrons. The topological polar surface area (TPSA) is 210 Å². The monoisotopic (exact) mass is 1280 g/mol. The molecule has 90 heavy (non-hydrogen) atoms. The van der Waals surface area contributed by atoms with E-state index in [0.29, 0.717) is 116 Å². The maximum Gasteiger partial charge on any atom is 0.306 e. The van der Waals surface area contributed by atoms with Gasteiger partial charge in [-0.15, -0.1) is 0 Å². The van der Waals surface area contributed by atoms with Gasteiger partial charge >= 0.3 is 47.8 Å². The van der Waals surface area contributed by atoms with Crippen molar-refractivity contribution < 1.29 is 76.3 Å². The van der Waals surface area contributed by atoms with E-state index in [2.05, 4.69) is 55.4 Å². The fraction of sp³-hybridized carbons (Fsp3) is 0.892. The Hall–Kier alpha value is -4.24. The number of carbonyl (C=O) groups excluding carboxylic acids is 8. The summed E-state index contributed by atoms with van der Waals surface area (Å²) in [5, 5.41) is 0. The first kappa shape index (κ1) is 85.8. The smallest absolute Gasteiger partial charge is 0.306 e. The van der Waals surface area contributed by atoms with Crippen molar-refractivity contribution in [3.63, 3.8) is 0 Å². The van der Waals surface area contributed by atoms with Crippen LogP contribution in [0, 0.1) is 0 Å². The van der Waals surface area contributed by atoms with Crippen LogP contribution in [0.1, 0.15) is 376 Å². The molecule has 0 N–H and O–H groups in total. The normalized spacial score (nSPS) is 13.3. The lowest BCUT2D eigenvalue weighted by atomic mass is 9.99. The second-order valence-electron chi connectivity index (χ2n) is 25.4. The maximum absolute atomic E-state index is 13.0. The van der Waals surface area contributed by atoms with Crippen LogP contribution in [0.15, 0.2) is 0 Å². The summed E-state index contributed by atoms with van der Waals surface area (Å²) in [6.07, 6.45) is 35.3. The number of esters is 8. The van der Waals surface area contributed by atoms with Crippen LogP contribution in [-0.4, -0.2) is 97.6 Å². The molecule has 0 rings (SSSR count). The summed E-state index contributed by atoms with van der Waals surface area (Å²) < 4.78 is 46.8. The molecule has 0 heterocycles. The van der Waals surface area contributed by atoms with E-state index in [0.717, 1.165) is 193 Å². The molecule has 0 amide bonds. The molecule has 0 spiro atoms. The minimum absolute atomic E-state index is 0.00835. The molecule has 0 aromatic carbocycles. The molecular weight excluding hydrogens is 1140 g/mol. The van der Waals surface area contributed by atoms with Gasteiger partial charge in [0.25, 0.3) is 0 Å². The minimum Gasteiger partial charge on any atom is -0.462 e. The Kier molecular flexibility index (Phi) is 59.3. The summed E-state index contributed by atoms with van der Waals surface area (Å²) in [4.78, 5) is 102. The molecular formula is C74H134O16. The van der Waals surface area contributed by atoms with E-state index in [4.69, 9.17) is 37.9 Å². The molecule has 0 aromatic heterocycles. The standard InChI is InChI=1S/C74H134O16/c1-9-17-29-45-69(77)85-61(39-15-7)51-55-65(89-73(81)49-33-21-13-5)57-53-63(87-71(79)47-31-19-11-3)41-35-25-23-27-37-43-67(75)83-59-60-84-68(76)44-38-28-24-26-36-42-64(88-72(80)48-32-20-12-4)54-58-66(90-74(82)50-34-22-14-6)56-52-62(40-16-8)86-70(78)46-30-18-10-2/h61-66H,9-60H2,1-8H3. The Morgan fingerprint density at radius 3 is 0.589 bits per heavy atom. The van der Waals surface area contributed by atoms with Crippen molar-refractivity contribution in [2.45, 2.75) is 413 Å². The van der Waals surface area contributed by atoms with Gasteiger partial charge in [0.05, 0.1) is 0 Å². The van der Waals surface area contributed by atoms with Crippen LogP contribution in [-0.2, 0) is 76.3 Å². The maximum atomic E-state index is 13.0. The number of hydrogen-bond acceptors (Lipinski definition) is 16. The molecule has 0 bridgehead atoms. The Balaban J connectivity index is 5.05. The second kappa shape index (κ2) is 62.2. The molecule has 0 saturated heterocycles.